The third kappa shape index (κ3) is 4.49. The number of benzene rings is 1. The molecule has 1 atom stereocenters. The van der Waals surface area contributed by atoms with Gasteiger partial charge in [-0.1, -0.05) is 11.6 Å². The second kappa shape index (κ2) is 6.10. The van der Waals surface area contributed by atoms with Crippen molar-refractivity contribution in [1.29, 1.82) is 0 Å². The van der Waals surface area contributed by atoms with Gasteiger partial charge in [0, 0.05) is 19.0 Å². The molecule has 21 heavy (non-hydrogen) atoms. The first kappa shape index (κ1) is 15.9. The monoisotopic (exact) mass is 315 g/mol. The van der Waals surface area contributed by atoms with E-state index in [1.807, 2.05) is 20.8 Å². The van der Waals surface area contributed by atoms with Crippen LogP contribution < -0.4 is 4.74 Å². The van der Waals surface area contributed by atoms with Gasteiger partial charge in [0.1, 0.15) is 23.3 Å². The molecule has 6 heteroatoms. The van der Waals surface area contributed by atoms with Crippen LogP contribution in [-0.2, 0) is 4.74 Å². The summed E-state index contributed by atoms with van der Waals surface area (Å²) in [5, 5.41) is 0.0594. The Morgan fingerprint density at radius 1 is 1.43 bits per heavy atom. The number of halogens is 2. The van der Waals surface area contributed by atoms with Crippen molar-refractivity contribution >= 4 is 17.7 Å². The lowest BCUT2D eigenvalue weighted by Gasteiger charge is -2.24. The van der Waals surface area contributed by atoms with Gasteiger partial charge in [0.05, 0.1) is 11.6 Å². The maximum Gasteiger partial charge on any atom is 0.410 e. The van der Waals surface area contributed by atoms with Crippen molar-refractivity contribution in [3.63, 3.8) is 0 Å². The molecule has 1 heterocycles. The predicted octanol–water partition coefficient (Wildman–Crippen LogP) is 3.87. The summed E-state index contributed by atoms with van der Waals surface area (Å²) in [5.41, 5.74) is -0.519. The molecule has 1 fully saturated rings. The Labute approximate surface area is 128 Å². The molecule has 1 saturated heterocycles. The van der Waals surface area contributed by atoms with Crippen molar-refractivity contribution in [1.82, 2.24) is 4.90 Å². The van der Waals surface area contributed by atoms with Gasteiger partial charge in [-0.15, -0.1) is 0 Å². The lowest BCUT2D eigenvalue weighted by atomic mass is 10.2. The van der Waals surface area contributed by atoms with Gasteiger partial charge in [-0.25, -0.2) is 9.18 Å². The molecular formula is C15H19ClFNO3. The zero-order valence-electron chi connectivity index (χ0n) is 12.4. The van der Waals surface area contributed by atoms with E-state index in [0.717, 1.165) is 0 Å². The third-order valence-electron chi connectivity index (χ3n) is 2.99. The first-order chi connectivity index (χ1) is 9.74. The summed E-state index contributed by atoms with van der Waals surface area (Å²) >= 11 is 5.62. The fraction of sp³-hybridized carbons (Fsp3) is 0.533. The summed E-state index contributed by atoms with van der Waals surface area (Å²) < 4.78 is 24.3. The number of amides is 1. The molecule has 1 aromatic carbocycles. The molecule has 1 aliphatic heterocycles. The molecule has 0 aromatic heterocycles. The van der Waals surface area contributed by atoms with E-state index in [2.05, 4.69) is 0 Å². The second-order valence-corrected chi connectivity index (χ2v) is 6.44. The molecule has 0 spiro atoms. The maximum atomic E-state index is 13.3. The summed E-state index contributed by atoms with van der Waals surface area (Å²) in [6, 6.07) is 4.31. The second-order valence-electron chi connectivity index (χ2n) is 6.03. The van der Waals surface area contributed by atoms with Gasteiger partial charge in [0.25, 0.3) is 0 Å². The number of hydrogen-bond acceptors (Lipinski definition) is 3. The van der Waals surface area contributed by atoms with Gasteiger partial charge in [-0.05, 0) is 32.9 Å². The summed E-state index contributed by atoms with van der Waals surface area (Å²) in [6.45, 7) is 6.47. The maximum absolute atomic E-state index is 13.3. The largest absolute Gasteiger partial charge is 0.488 e. The molecule has 1 aliphatic rings. The lowest BCUT2D eigenvalue weighted by Crippen LogP contribution is -2.36. The van der Waals surface area contributed by atoms with Crippen molar-refractivity contribution in [2.45, 2.75) is 38.9 Å². The smallest absolute Gasteiger partial charge is 0.410 e. The first-order valence-electron chi connectivity index (χ1n) is 6.84. The van der Waals surface area contributed by atoms with E-state index < -0.39 is 11.4 Å². The van der Waals surface area contributed by atoms with E-state index in [9.17, 15) is 9.18 Å². The Hall–Kier alpha value is -1.49. The van der Waals surface area contributed by atoms with Gasteiger partial charge in [0.2, 0.25) is 0 Å². The highest BCUT2D eigenvalue weighted by molar-refractivity contribution is 6.30. The minimum atomic E-state index is -0.519. The molecule has 116 valence electrons. The van der Waals surface area contributed by atoms with Crippen LogP contribution in [-0.4, -0.2) is 35.8 Å². The fourth-order valence-electron chi connectivity index (χ4n) is 2.06. The van der Waals surface area contributed by atoms with Crippen LogP contribution in [0.2, 0.25) is 5.02 Å². The van der Waals surface area contributed by atoms with Crippen LogP contribution in [0.5, 0.6) is 5.75 Å². The van der Waals surface area contributed by atoms with Gasteiger partial charge >= 0.3 is 6.09 Å². The van der Waals surface area contributed by atoms with Crippen molar-refractivity contribution < 1.29 is 18.7 Å². The van der Waals surface area contributed by atoms with Crippen molar-refractivity contribution in [2.75, 3.05) is 13.1 Å². The number of ether oxygens (including phenoxy) is 2. The van der Waals surface area contributed by atoms with Crippen LogP contribution in [0.25, 0.3) is 0 Å². The van der Waals surface area contributed by atoms with Gasteiger partial charge in [0.15, 0.2) is 0 Å². The highest BCUT2D eigenvalue weighted by atomic mass is 35.5. The molecule has 0 radical (unpaired) electrons. The van der Waals surface area contributed by atoms with E-state index in [-0.39, 0.29) is 17.2 Å². The average molecular weight is 316 g/mol. The summed E-state index contributed by atoms with van der Waals surface area (Å²) in [4.78, 5) is 13.5. The van der Waals surface area contributed by atoms with Gasteiger partial charge in [-0.3, -0.25) is 0 Å². The zero-order valence-corrected chi connectivity index (χ0v) is 13.1. The Morgan fingerprint density at radius 3 is 2.76 bits per heavy atom. The summed E-state index contributed by atoms with van der Waals surface area (Å²) in [6.07, 6.45) is 0.165. The highest BCUT2D eigenvalue weighted by Crippen LogP contribution is 2.24. The number of carbonyl (C=O) groups is 1. The van der Waals surface area contributed by atoms with Crippen LogP contribution >= 0.6 is 11.6 Å². The van der Waals surface area contributed by atoms with Crippen LogP contribution in [0.3, 0.4) is 0 Å². The number of rotatable bonds is 2. The molecule has 0 bridgehead atoms. The topological polar surface area (TPSA) is 38.8 Å². The number of carbonyl (C=O) groups excluding carboxylic acids is 1. The normalized spacial score (nSPS) is 18.7. The van der Waals surface area contributed by atoms with Gasteiger partial charge in [-0.2, -0.15) is 0 Å². The molecular weight excluding hydrogens is 297 g/mol. The van der Waals surface area contributed by atoms with Crippen molar-refractivity contribution in [3.8, 4) is 5.75 Å². The Bertz CT molecular complexity index is 530. The SMILES string of the molecule is CC(C)(C)OC(=O)N1CC[C@H](Oc2ccc(Cl)c(F)c2)C1. The molecule has 4 nitrogen and oxygen atoms in total. The summed E-state index contributed by atoms with van der Waals surface area (Å²) in [5.74, 6) is -0.107. The van der Waals surface area contributed by atoms with E-state index in [0.29, 0.717) is 25.3 Å². The summed E-state index contributed by atoms with van der Waals surface area (Å²) in [7, 11) is 0. The molecule has 2 rings (SSSR count). The van der Waals surface area contributed by atoms with Crippen molar-refractivity contribution in [3.05, 3.63) is 29.0 Å². The molecule has 1 aromatic rings. The van der Waals surface area contributed by atoms with Crippen LogP contribution in [0.15, 0.2) is 18.2 Å². The van der Waals surface area contributed by atoms with Crippen LogP contribution in [0.4, 0.5) is 9.18 Å². The Balaban J connectivity index is 1.90. The molecule has 0 saturated carbocycles. The Kier molecular flexibility index (Phi) is 4.61. The zero-order chi connectivity index (χ0) is 15.6. The van der Waals surface area contributed by atoms with Crippen LogP contribution in [0.1, 0.15) is 27.2 Å². The predicted molar refractivity (Wildman–Crippen MR) is 78.3 cm³/mol. The van der Waals surface area contributed by atoms with E-state index in [1.165, 1.54) is 12.1 Å². The fourth-order valence-corrected chi connectivity index (χ4v) is 2.18. The number of hydrogen-bond donors (Lipinski definition) is 0. The average Bonchev–Trinajstić information content (AvgIpc) is 2.80. The minimum absolute atomic E-state index is 0.0594. The highest BCUT2D eigenvalue weighted by Gasteiger charge is 2.30. The standard InChI is InChI=1S/C15H19ClFNO3/c1-15(2,3)21-14(19)18-7-6-11(9-18)20-10-4-5-12(16)13(17)8-10/h4-5,8,11H,6-7,9H2,1-3H3/t11-/m0/s1. The number of likely N-dealkylation sites (tertiary alicyclic amines) is 1. The lowest BCUT2D eigenvalue weighted by molar-refractivity contribution is 0.0275. The Morgan fingerprint density at radius 2 is 2.14 bits per heavy atom. The quantitative estimate of drug-likeness (QED) is 0.831. The molecule has 0 unspecified atom stereocenters. The third-order valence-corrected chi connectivity index (χ3v) is 3.30. The first-order valence-corrected chi connectivity index (χ1v) is 7.22. The van der Waals surface area contributed by atoms with E-state index in [1.54, 1.807) is 11.0 Å². The van der Waals surface area contributed by atoms with Crippen LogP contribution in [0, 0.1) is 5.82 Å². The molecule has 0 aliphatic carbocycles. The minimum Gasteiger partial charge on any atom is -0.488 e. The molecule has 1 amide bonds. The molecule has 0 N–H and O–H groups in total. The van der Waals surface area contributed by atoms with Gasteiger partial charge < -0.3 is 14.4 Å². The van der Waals surface area contributed by atoms with E-state index >= 15 is 0 Å². The van der Waals surface area contributed by atoms with Crippen molar-refractivity contribution in [2.24, 2.45) is 0 Å². The number of nitrogens with zero attached hydrogens (tertiary/aromatic N) is 1. The van der Waals surface area contributed by atoms with E-state index in [4.69, 9.17) is 21.1 Å².